The first-order chi connectivity index (χ1) is 9.72. The number of ether oxygens (including phenoxy) is 1. The number of benzene rings is 1. The third-order valence-electron chi connectivity index (χ3n) is 2.85. The van der Waals surface area contributed by atoms with Crippen molar-refractivity contribution in [3.05, 3.63) is 24.3 Å². The maximum atomic E-state index is 12.0. The predicted octanol–water partition coefficient (Wildman–Crippen LogP) is 0.708. The number of hydrogen-bond acceptors (Lipinski definition) is 5. The highest BCUT2D eigenvalue weighted by Crippen LogP contribution is 2.16. The predicted molar refractivity (Wildman–Crippen MR) is 81.6 cm³/mol. The van der Waals surface area contributed by atoms with E-state index in [-0.39, 0.29) is 11.4 Å². The van der Waals surface area contributed by atoms with Crippen LogP contribution in [0.1, 0.15) is 20.8 Å². The summed E-state index contributed by atoms with van der Waals surface area (Å²) >= 11 is 0. The number of rotatable bonds is 8. The molecule has 0 saturated heterocycles. The molecule has 0 bridgehead atoms. The van der Waals surface area contributed by atoms with Crippen LogP contribution in [0.2, 0.25) is 0 Å². The lowest BCUT2D eigenvalue weighted by Crippen LogP contribution is -2.43. The van der Waals surface area contributed by atoms with Gasteiger partial charge in [-0.1, -0.05) is 13.8 Å². The third kappa shape index (κ3) is 6.01. The maximum Gasteiger partial charge on any atom is 0.240 e. The number of nitrogens with two attached hydrogens (primary N) is 1. The van der Waals surface area contributed by atoms with Crippen LogP contribution in [0.15, 0.2) is 29.2 Å². The molecular formula is C14H24N2O4S. The molecule has 0 aliphatic carbocycles. The van der Waals surface area contributed by atoms with Gasteiger partial charge in [-0.15, -0.1) is 0 Å². The smallest absolute Gasteiger partial charge is 0.240 e. The van der Waals surface area contributed by atoms with Crippen LogP contribution in [-0.2, 0) is 10.0 Å². The molecule has 0 amide bonds. The summed E-state index contributed by atoms with van der Waals surface area (Å²) in [5.41, 5.74) is 5.60. The van der Waals surface area contributed by atoms with Crippen molar-refractivity contribution in [3.8, 4) is 5.75 Å². The van der Waals surface area contributed by atoms with Crippen LogP contribution in [0.5, 0.6) is 5.75 Å². The molecule has 0 saturated carbocycles. The fraction of sp³-hybridized carbons (Fsp3) is 0.571. The minimum atomic E-state index is -3.63. The van der Waals surface area contributed by atoms with E-state index in [0.29, 0.717) is 18.3 Å². The van der Waals surface area contributed by atoms with Gasteiger partial charge in [0.1, 0.15) is 5.75 Å². The first-order valence-electron chi connectivity index (χ1n) is 6.88. The van der Waals surface area contributed by atoms with E-state index in [2.05, 4.69) is 4.72 Å². The van der Waals surface area contributed by atoms with Crippen molar-refractivity contribution in [2.45, 2.75) is 37.8 Å². The number of sulfonamides is 1. The number of hydrogen-bond donors (Lipinski definition) is 3. The Balaban J connectivity index is 2.67. The summed E-state index contributed by atoms with van der Waals surface area (Å²) < 4.78 is 32.0. The van der Waals surface area contributed by atoms with Crippen LogP contribution in [0.4, 0.5) is 0 Å². The van der Waals surface area contributed by atoms with E-state index in [1.807, 2.05) is 13.8 Å². The Kier molecular flexibility index (Phi) is 6.60. The Bertz CT molecular complexity index is 526. The van der Waals surface area contributed by atoms with Gasteiger partial charge in [0, 0.05) is 12.6 Å². The average molecular weight is 316 g/mol. The monoisotopic (exact) mass is 316 g/mol. The number of aliphatic hydroxyl groups excluding tert-OH is 1. The Labute approximate surface area is 126 Å². The molecule has 1 rings (SSSR count). The summed E-state index contributed by atoms with van der Waals surface area (Å²) in [4.78, 5) is 0.136. The van der Waals surface area contributed by atoms with Crippen molar-refractivity contribution < 1.29 is 18.3 Å². The van der Waals surface area contributed by atoms with Crippen LogP contribution < -0.4 is 15.2 Å². The second kappa shape index (κ2) is 7.74. The van der Waals surface area contributed by atoms with Gasteiger partial charge in [-0.05, 0) is 37.1 Å². The SMILES string of the molecule is CC(C)COc1ccc(S(=O)(=O)NCC(N)C(C)O)cc1. The van der Waals surface area contributed by atoms with Gasteiger partial charge in [-0.25, -0.2) is 13.1 Å². The lowest BCUT2D eigenvalue weighted by Gasteiger charge is -2.15. The minimum absolute atomic E-state index is 0.0222. The van der Waals surface area contributed by atoms with Crippen molar-refractivity contribution in [3.63, 3.8) is 0 Å². The van der Waals surface area contributed by atoms with Crippen LogP contribution in [-0.4, -0.2) is 38.8 Å². The Hall–Kier alpha value is -1.15. The molecule has 0 radical (unpaired) electrons. The van der Waals surface area contributed by atoms with Gasteiger partial charge in [0.2, 0.25) is 10.0 Å². The summed E-state index contributed by atoms with van der Waals surface area (Å²) in [6, 6.07) is 5.54. The highest BCUT2D eigenvalue weighted by Gasteiger charge is 2.17. The normalized spacial score (nSPS) is 15.0. The van der Waals surface area contributed by atoms with Gasteiger partial charge in [0.15, 0.2) is 0 Å². The summed E-state index contributed by atoms with van der Waals surface area (Å²) in [6.45, 7) is 6.14. The molecule has 120 valence electrons. The zero-order valence-corrected chi connectivity index (χ0v) is 13.4. The van der Waals surface area contributed by atoms with Crippen LogP contribution in [0.25, 0.3) is 0 Å². The van der Waals surface area contributed by atoms with Crippen molar-refractivity contribution in [1.29, 1.82) is 0 Å². The van der Waals surface area contributed by atoms with Gasteiger partial charge in [0.05, 0.1) is 17.6 Å². The molecule has 6 nitrogen and oxygen atoms in total. The highest BCUT2D eigenvalue weighted by molar-refractivity contribution is 7.89. The van der Waals surface area contributed by atoms with Gasteiger partial charge in [0.25, 0.3) is 0 Å². The average Bonchev–Trinajstić information content (AvgIpc) is 2.43. The summed E-state index contributed by atoms with van der Waals surface area (Å²) in [5, 5.41) is 9.25. The molecule has 4 N–H and O–H groups in total. The second-order valence-corrected chi connectivity index (χ2v) is 7.20. The Morgan fingerprint density at radius 1 is 1.24 bits per heavy atom. The van der Waals surface area contributed by atoms with Crippen LogP contribution >= 0.6 is 0 Å². The molecule has 0 heterocycles. The first kappa shape index (κ1) is 17.9. The molecular weight excluding hydrogens is 292 g/mol. The molecule has 7 heteroatoms. The van der Waals surface area contributed by atoms with Crippen LogP contribution in [0, 0.1) is 5.92 Å². The summed E-state index contributed by atoms with van der Waals surface area (Å²) in [7, 11) is -3.63. The van der Waals surface area contributed by atoms with Gasteiger partial charge in [-0.3, -0.25) is 0 Å². The molecule has 0 fully saturated rings. The molecule has 0 aliphatic rings. The summed E-state index contributed by atoms with van der Waals surface area (Å²) in [5.74, 6) is 1.03. The third-order valence-corrected chi connectivity index (χ3v) is 4.29. The lowest BCUT2D eigenvalue weighted by molar-refractivity contribution is 0.164. The minimum Gasteiger partial charge on any atom is -0.493 e. The zero-order valence-electron chi connectivity index (χ0n) is 12.6. The zero-order chi connectivity index (χ0) is 16.0. The fourth-order valence-corrected chi connectivity index (χ4v) is 2.51. The summed E-state index contributed by atoms with van der Waals surface area (Å²) in [6.07, 6.45) is -0.778. The van der Waals surface area contributed by atoms with E-state index < -0.39 is 22.2 Å². The lowest BCUT2D eigenvalue weighted by atomic mass is 10.2. The number of nitrogens with one attached hydrogen (secondary N) is 1. The molecule has 1 aromatic carbocycles. The fourth-order valence-electron chi connectivity index (χ4n) is 1.44. The molecule has 0 spiro atoms. The molecule has 2 atom stereocenters. The van der Waals surface area contributed by atoms with E-state index in [1.54, 1.807) is 12.1 Å². The molecule has 0 aliphatic heterocycles. The number of aliphatic hydroxyl groups is 1. The molecule has 21 heavy (non-hydrogen) atoms. The Morgan fingerprint density at radius 3 is 2.29 bits per heavy atom. The van der Waals surface area contributed by atoms with Crippen molar-refractivity contribution in [2.75, 3.05) is 13.2 Å². The molecule has 2 unspecified atom stereocenters. The van der Waals surface area contributed by atoms with E-state index >= 15 is 0 Å². The topological polar surface area (TPSA) is 102 Å². The molecule has 1 aromatic rings. The largest absolute Gasteiger partial charge is 0.493 e. The quantitative estimate of drug-likeness (QED) is 0.655. The first-order valence-corrected chi connectivity index (χ1v) is 8.37. The van der Waals surface area contributed by atoms with Crippen molar-refractivity contribution in [2.24, 2.45) is 11.7 Å². The van der Waals surface area contributed by atoms with Gasteiger partial charge < -0.3 is 15.6 Å². The Morgan fingerprint density at radius 2 is 1.81 bits per heavy atom. The van der Waals surface area contributed by atoms with Crippen molar-refractivity contribution in [1.82, 2.24) is 4.72 Å². The maximum absolute atomic E-state index is 12.0. The van der Waals surface area contributed by atoms with Gasteiger partial charge in [-0.2, -0.15) is 0 Å². The highest BCUT2D eigenvalue weighted by atomic mass is 32.2. The van der Waals surface area contributed by atoms with Gasteiger partial charge >= 0.3 is 0 Å². The second-order valence-electron chi connectivity index (χ2n) is 5.43. The van der Waals surface area contributed by atoms with E-state index in [1.165, 1.54) is 19.1 Å². The van der Waals surface area contributed by atoms with E-state index in [9.17, 15) is 13.5 Å². The van der Waals surface area contributed by atoms with E-state index in [0.717, 1.165) is 0 Å². The molecule has 0 aromatic heterocycles. The van der Waals surface area contributed by atoms with Crippen LogP contribution in [0.3, 0.4) is 0 Å². The van der Waals surface area contributed by atoms with E-state index in [4.69, 9.17) is 10.5 Å². The van der Waals surface area contributed by atoms with Crippen molar-refractivity contribution >= 4 is 10.0 Å². The standard InChI is InChI=1S/C14H24N2O4S/c1-10(2)9-20-12-4-6-13(7-5-12)21(18,19)16-8-14(15)11(3)17/h4-7,10-11,14,16-17H,8-9,15H2,1-3H3.